The Kier molecular flexibility index (Phi) is 4.90. The second-order valence-corrected chi connectivity index (χ2v) is 6.19. The molecule has 104 valence electrons. The van der Waals surface area contributed by atoms with E-state index in [1.165, 1.54) is 0 Å². The lowest BCUT2D eigenvalue weighted by Crippen LogP contribution is -2.38. The van der Waals surface area contributed by atoms with E-state index in [0.29, 0.717) is 23.6 Å². The summed E-state index contributed by atoms with van der Waals surface area (Å²) in [7, 11) is -0.684. The van der Waals surface area contributed by atoms with Crippen LogP contribution in [0.3, 0.4) is 0 Å². The maximum Gasteiger partial charge on any atom is 0.252 e. The number of amides is 1. The van der Waals surface area contributed by atoms with Crippen LogP contribution < -0.4 is 10.2 Å². The fraction of sp³-hybridized carbons (Fsp3) is 0.538. The van der Waals surface area contributed by atoms with Crippen LogP contribution in [0.5, 0.6) is 0 Å². The minimum Gasteiger partial charge on any atom is -0.355 e. The van der Waals surface area contributed by atoms with Gasteiger partial charge in [-0.1, -0.05) is 6.92 Å². The normalized spacial score (nSPS) is 16.4. The topological polar surface area (TPSA) is 62.3 Å². The SMILES string of the molecule is CCCNC(=O)c1ccc(N2CCS(=O)CC2)nc1. The number of anilines is 1. The molecule has 2 heterocycles. The van der Waals surface area contributed by atoms with Crippen molar-refractivity contribution in [1.29, 1.82) is 0 Å². The van der Waals surface area contributed by atoms with Crippen LogP contribution in [0.1, 0.15) is 23.7 Å². The Morgan fingerprint density at radius 3 is 2.74 bits per heavy atom. The number of rotatable bonds is 4. The highest BCUT2D eigenvalue weighted by Gasteiger charge is 2.16. The molecule has 1 amide bonds. The van der Waals surface area contributed by atoms with Crippen molar-refractivity contribution in [3.63, 3.8) is 0 Å². The van der Waals surface area contributed by atoms with Gasteiger partial charge in [0.05, 0.1) is 5.56 Å². The van der Waals surface area contributed by atoms with Gasteiger partial charge in [-0.15, -0.1) is 0 Å². The number of carbonyl (C=O) groups excluding carboxylic acids is 1. The standard InChI is InChI=1S/C13H19N3O2S/c1-2-5-14-13(17)11-3-4-12(15-10-11)16-6-8-19(18)9-7-16/h3-4,10H,2,5-9H2,1H3,(H,14,17). The number of aromatic nitrogens is 1. The van der Waals surface area contributed by atoms with Gasteiger partial charge in [0.1, 0.15) is 5.82 Å². The average Bonchev–Trinajstić information content (AvgIpc) is 2.46. The number of pyridine rings is 1. The molecule has 1 N–H and O–H groups in total. The predicted octanol–water partition coefficient (Wildman–Crippen LogP) is 0.790. The Hall–Kier alpha value is -1.43. The van der Waals surface area contributed by atoms with Crippen LogP contribution in [0, 0.1) is 0 Å². The van der Waals surface area contributed by atoms with Crippen molar-refractivity contribution in [3.05, 3.63) is 23.9 Å². The molecule has 1 aromatic heterocycles. The van der Waals surface area contributed by atoms with E-state index in [1.807, 2.05) is 13.0 Å². The van der Waals surface area contributed by atoms with Crippen LogP contribution in [0.25, 0.3) is 0 Å². The van der Waals surface area contributed by atoms with E-state index in [-0.39, 0.29) is 5.91 Å². The van der Waals surface area contributed by atoms with Crippen molar-refractivity contribution in [3.8, 4) is 0 Å². The zero-order valence-electron chi connectivity index (χ0n) is 11.1. The zero-order valence-corrected chi connectivity index (χ0v) is 11.9. The lowest BCUT2D eigenvalue weighted by Gasteiger charge is -2.27. The molecular formula is C13H19N3O2S. The minimum atomic E-state index is -0.684. The molecule has 6 heteroatoms. The van der Waals surface area contributed by atoms with Gasteiger partial charge in [-0.3, -0.25) is 9.00 Å². The lowest BCUT2D eigenvalue weighted by molar-refractivity contribution is 0.0953. The third kappa shape index (κ3) is 3.76. The summed E-state index contributed by atoms with van der Waals surface area (Å²) < 4.78 is 11.3. The van der Waals surface area contributed by atoms with Gasteiger partial charge in [-0.05, 0) is 18.6 Å². The van der Waals surface area contributed by atoms with E-state index < -0.39 is 10.8 Å². The van der Waals surface area contributed by atoms with Gasteiger partial charge < -0.3 is 10.2 Å². The minimum absolute atomic E-state index is 0.0827. The molecule has 1 saturated heterocycles. The quantitative estimate of drug-likeness (QED) is 0.886. The highest BCUT2D eigenvalue weighted by atomic mass is 32.2. The van der Waals surface area contributed by atoms with Gasteiger partial charge in [-0.2, -0.15) is 0 Å². The van der Waals surface area contributed by atoms with Crippen LogP contribution in [0.4, 0.5) is 5.82 Å². The second-order valence-electron chi connectivity index (χ2n) is 4.50. The van der Waals surface area contributed by atoms with Gasteiger partial charge in [0, 0.05) is 48.1 Å². The molecule has 0 bridgehead atoms. The van der Waals surface area contributed by atoms with Crippen molar-refractivity contribution in [2.24, 2.45) is 0 Å². The van der Waals surface area contributed by atoms with E-state index in [1.54, 1.807) is 12.3 Å². The number of hydrogen-bond acceptors (Lipinski definition) is 4. The summed E-state index contributed by atoms with van der Waals surface area (Å²) in [5.74, 6) is 2.16. The molecule has 0 aliphatic carbocycles. The summed E-state index contributed by atoms with van der Waals surface area (Å²) >= 11 is 0. The monoisotopic (exact) mass is 281 g/mol. The van der Waals surface area contributed by atoms with Gasteiger partial charge in [0.2, 0.25) is 0 Å². The summed E-state index contributed by atoms with van der Waals surface area (Å²) in [5.41, 5.74) is 0.581. The van der Waals surface area contributed by atoms with Crippen LogP contribution >= 0.6 is 0 Å². The van der Waals surface area contributed by atoms with Crippen LogP contribution in [0.15, 0.2) is 18.3 Å². The molecule has 0 unspecified atom stereocenters. The smallest absolute Gasteiger partial charge is 0.252 e. The third-order valence-electron chi connectivity index (χ3n) is 3.05. The molecule has 1 aromatic rings. The molecule has 0 atom stereocenters. The van der Waals surface area contributed by atoms with Crippen molar-refractivity contribution in [1.82, 2.24) is 10.3 Å². The molecule has 0 radical (unpaired) electrons. The second kappa shape index (κ2) is 6.65. The maximum absolute atomic E-state index is 11.7. The van der Waals surface area contributed by atoms with E-state index >= 15 is 0 Å². The Labute approximate surface area is 115 Å². The first-order chi connectivity index (χ1) is 9.20. The summed E-state index contributed by atoms with van der Waals surface area (Å²) in [4.78, 5) is 18.2. The molecule has 1 fully saturated rings. The van der Waals surface area contributed by atoms with Crippen LogP contribution in [-0.4, -0.2) is 46.2 Å². The molecule has 0 saturated carbocycles. The number of carbonyl (C=O) groups is 1. The van der Waals surface area contributed by atoms with Gasteiger partial charge in [0.15, 0.2) is 0 Å². The Bertz CT molecular complexity index is 451. The van der Waals surface area contributed by atoms with Crippen LogP contribution in [-0.2, 0) is 10.8 Å². The number of nitrogens with one attached hydrogen (secondary N) is 1. The van der Waals surface area contributed by atoms with Gasteiger partial charge >= 0.3 is 0 Å². The highest BCUT2D eigenvalue weighted by Crippen LogP contribution is 2.13. The molecule has 19 heavy (non-hydrogen) atoms. The zero-order chi connectivity index (χ0) is 13.7. The Morgan fingerprint density at radius 2 is 2.16 bits per heavy atom. The number of hydrogen-bond donors (Lipinski definition) is 1. The predicted molar refractivity (Wildman–Crippen MR) is 77.0 cm³/mol. The largest absolute Gasteiger partial charge is 0.355 e. The Balaban J connectivity index is 1.98. The molecule has 0 aromatic carbocycles. The summed E-state index contributed by atoms with van der Waals surface area (Å²) in [6.07, 6.45) is 2.52. The Morgan fingerprint density at radius 1 is 1.42 bits per heavy atom. The number of nitrogens with zero attached hydrogens (tertiary/aromatic N) is 2. The van der Waals surface area contributed by atoms with E-state index in [4.69, 9.17) is 0 Å². The molecule has 5 nitrogen and oxygen atoms in total. The summed E-state index contributed by atoms with van der Waals surface area (Å²) in [6, 6.07) is 3.65. The van der Waals surface area contributed by atoms with E-state index in [2.05, 4.69) is 15.2 Å². The summed E-state index contributed by atoms with van der Waals surface area (Å²) in [5, 5.41) is 2.82. The third-order valence-corrected chi connectivity index (χ3v) is 4.32. The maximum atomic E-state index is 11.7. The molecular weight excluding hydrogens is 262 g/mol. The molecule has 0 spiro atoms. The lowest BCUT2D eigenvalue weighted by atomic mass is 10.2. The molecule has 2 rings (SSSR count). The first-order valence-electron chi connectivity index (χ1n) is 6.55. The first-order valence-corrected chi connectivity index (χ1v) is 8.03. The van der Waals surface area contributed by atoms with Gasteiger partial charge in [-0.25, -0.2) is 4.98 Å². The average molecular weight is 281 g/mol. The van der Waals surface area contributed by atoms with E-state index in [0.717, 1.165) is 25.3 Å². The fourth-order valence-corrected chi connectivity index (χ4v) is 2.97. The van der Waals surface area contributed by atoms with Gasteiger partial charge in [0.25, 0.3) is 5.91 Å². The first kappa shape index (κ1) is 14.0. The van der Waals surface area contributed by atoms with Crippen molar-refractivity contribution < 1.29 is 9.00 Å². The van der Waals surface area contributed by atoms with Crippen LogP contribution in [0.2, 0.25) is 0 Å². The van der Waals surface area contributed by atoms with E-state index in [9.17, 15) is 9.00 Å². The van der Waals surface area contributed by atoms with Crippen molar-refractivity contribution >= 4 is 22.5 Å². The van der Waals surface area contributed by atoms with Crippen molar-refractivity contribution in [2.75, 3.05) is 36.0 Å². The fourth-order valence-electron chi connectivity index (χ4n) is 1.92. The molecule has 1 aliphatic rings. The molecule has 1 aliphatic heterocycles. The summed E-state index contributed by atoms with van der Waals surface area (Å²) in [6.45, 7) is 4.22. The highest BCUT2D eigenvalue weighted by molar-refractivity contribution is 7.85. The van der Waals surface area contributed by atoms with Crippen molar-refractivity contribution in [2.45, 2.75) is 13.3 Å².